The summed E-state index contributed by atoms with van der Waals surface area (Å²) in [6, 6.07) is 12.4. The van der Waals surface area contributed by atoms with Gasteiger partial charge in [0, 0.05) is 22.3 Å². The first-order chi connectivity index (χ1) is 8.70. The standard InChI is InChI=1S/C14H16BrN3/c1-17-13(12-3-2-8-18-14(12)16)9-10-4-6-11(15)7-5-10/h2-8,13,17H,9H2,1H3,(H2,16,18). The number of hydrogen-bond donors (Lipinski definition) is 2. The number of nitrogens with zero attached hydrogens (tertiary/aromatic N) is 1. The van der Waals surface area contributed by atoms with Crippen LogP contribution in [-0.2, 0) is 6.42 Å². The predicted octanol–water partition coefficient (Wildman–Crippen LogP) is 2.93. The van der Waals surface area contributed by atoms with Gasteiger partial charge in [0.2, 0.25) is 0 Å². The first kappa shape index (κ1) is 13.1. The summed E-state index contributed by atoms with van der Waals surface area (Å²) < 4.78 is 1.09. The molecule has 0 spiro atoms. The van der Waals surface area contributed by atoms with E-state index in [0.29, 0.717) is 5.82 Å². The molecule has 0 amide bonds. The maximum atomic E-state index is 5.92. The van der Waals surface area contributed by atoms with Crippen molar-refractivity contribution in [2.75, 3.05) is 12.8 Å². The van der Waals surface area contributed by atoms with Crippen LogP contribution in [0.1, 0.15) is 17.2 Å². The molecule has 3 nitrogen and oxygen atoms in total. The lowest BCUT2D eigenvalue weighted by Gasteiger charge is -2.18. The van der Waals surface area contributed by atoms with Gasteiger partial charge in [0.15, 0.2) is 0 Å². The number of halogens is 1. The summed E-state index contributed by atoms with van der Waals surface area (Å²) in [4.78, 5) is 4.13. The second-order valence-corrected chi connectivity index (χ2v) is 5.07. The van der Waals surface area contributed by atoms with E-state index in [1.54, 1.807) is 6.20 Å². The van der Waals surface area contributed by atoms with Crippen LogP contribution in [0, 0.1) is 0 Å². The van der Waals surface area contributed by atoms with Crippen LogP contribution in [0.2, 0.25) is 0 Å². The van der Waals surface area contributed by atoms with Crippen LogP contribution in [0.4, 0.5) is 5.82 Å². The molecule has 0 aliphatic rings. The highest BCUT2D eigenvalue weighted by atomic mass is 79.9. The van der Waals surface area contributed by atoms with Gasteiger partial charge in [-0.1, -0.05) is 34.1 Å². The van der Waals surface area contributed by atoms with Crippen molar-refractivity contribution in [3.63, 3.8) is 0 Å². The zero-order valence-corrected chi connectivity index (χ0v) is 11.8. The highest BCUT2D eigenvalue weighted by Gasteiger charge is 2.13. The Hall–Kier alpha value is -1.39. The minimum absolute atomic E-state index is 0.180. The average Bonchev–Trinajstić information content (AvgIpc) is 2.39. The Morgan fingerprint density at radius 2 is 2.00 bits per heavy atom. The molecule has 0 aliphatic heterocycles. The summed E-state index contributed by atoms with van der Waals surface area (Å²) in [5.74, 6) is 0.592. The Balaban J connectivity index is 2.20. The summed E-state index contributed by atoms with van der Waals surface area (Å²) in [5.41, 5.74) is 8.23. The summed E-state index contributed by atoms with van der Waals surface area (Å²) in [5, 5.41) is 3.29. The smallest absolute Gasteiger partial charge is 0.128 e. The van der Waals surface area contributed by atoms with Gasteiger partial charge in [0.25, 0.3) is 0 Å². The molecule has 2 rings (SSSR count). The third kappa shape index (κ3) is 3.09. The van der Waals surface area contributed by atoms with Gasteiger partial charge < -0.3 is 11.1 Å². The Morgan fingerprint density at radius 1 is 1.28 bits per heavy atom. The van der Waals surface area contributed by atoms with Crippen LogP contribution in [0.3, 0.4) is 0 Å². The monoisotopic (exact) mass is 305 g/mol. The number of nitrogens with two attached hydrogens (primary N) is 1. The Morgan fingerprint density at radius 3 is 2.61 bits per heavy atom. The molecule has 0 fully saturated rings. The number of aromatic nitrogens is 1. The fourth-order valence-corrected chi connectivity index (χ4v) is 2.21. The number of nitrogen functional groups attached to an aromatic ring is 1. The number of nitrogens with one attached hydrogen (secondary N) is 1. The van der Waals surface area contributed by atoms with E-state index < -0.39 is 0 Å². The quantitative estimate of drug-likeness (QED) is 0.913. The molecule has 3 N–H and O–H groups in total. The molecule has 1 heterocycles. The van der Waals surface area contributed by atoms with Gasteiger partial charge in [0.05, 0.1) is 0 Å². The summed E-state index contributed by atoms with van der Waals surface area (Å²) >= 11 is 3.44. The van der Waals surface area contributed by atoms with Crippen molar-refractivity contribution in [1.82, 2.24) is 10.3 Å². The molecule has 0 saturated carbocycles. The van der Waals surface area contributed by atoms with Crippen LogP contribution in [0.5, 0.6) is 0 Å². The second kappa shape index (κ2) is 5.98. The van der Waals surface area contributed by atoms with Gasteiger partial charge in [-0.25, -0.2) is 4.98 Å². The maximum absolute atomic E-state index is 5.92. The molecular formula is C14H16BrN3. The molecular weight excluding hydrogens is 290 g/mol. The second-order valence-electron chi connectivity index (χ2n) is 4.15. The van der Waals surface area contributed by atoms with Gasteiger partial charge in [-0.15, -0.1) is 0 Å². The van der Waals surface area contributed by atoms with Crippen LogP contribution in [0.15, 0.2) is 47.1 Å². The number of likely N-dealkylation sites (N-methyl/N-ethyl adjacent to an activating group) is 1. The minimum atomic E-state index is 0.180. The number of rotatable bonds is 4. The predicted molar refractivity (Wildman–Crippen MR) is 78.3 cm³/mol. The number of benzene rings is 1. The third-order valence-corrected chi connectivity index (χ3v) is 3.48. The first-order valence-electron chi connectivity index (χ1n) is 5.83. The molecule has 0 bridgehead atoms. The lowest BCUT2D eigenvalue weighted by molar-refractivity contribution is 0.592. The van der Waals surface area contributed by atoms with Crippen molar-refractivity contribution in [2.24, 2.45) is 0 Å². The van der Waals surface area contributed by atoms with E-state index in [1.165, 1.54) is 5.56 Å². The van der Waals surface area contributed by atoms with E-state index in [9.17, 15) is 0 Å². The van der Waals surface area contributed by atoms with Crippen molar-refractivity contribution in [3.8, 4) is 0 Å². The fraction of sp³-hybridized carbons (Fsp3) is 0.214. The van der Waals surface area contributed by atoms with Crippen molar-refractivity contribution < 1.29 is 0 Å². The van der Waals surface area contributed by atoms with Crippen LogP contribution in [0.25, 0.3) is 0 Å². The maximum Gasteiger partial charge on any atom is 0.128 e. The number of anilines is 1. The molecule has 0 saturated heterocycles. The largest absolute Gasteiger partial charge is 0.383 e. The number of hydrogen-bond acceptors (Lipinski definition) is 3. The molecule has 1 atom stereocenters. The van der Waals surface area contributed by atoms with E-state index in [0.717, 1.165) is 16.5 Å². The molecule has 0 radical (unpaired) electrons. The fourth-order valence-electron chi connectivity index (χ4n) is 1.95. The Bertz CT molecular complexity index is 511. The van der Waals surface area contributed by atoms with Crippen LogP contribution < -0.4 is 11.1 Å². The highest BCUT2D eigenvalue weighted by molar-refractivity contribution is 9.10. The normalized spacial score (nSPS) is 12.3. The SMILES string of the molecule is CNC(Cc1ccc(Br)cc1)c1cccnc1N. The van der Waals surface area contributed by atoms with Crippen LogP contribution in [-0.4, -0.2) is 12.0 Å². The van der Waals surface area contributed by atoms with Crippen molar-refractivity contribution in [1.29, 1.82) is 0 Å². The van der Waals surface area contributed by atoms with E-state index in [4.69, 9.17) is 5.73 Å². The third-order valence-electron chi connectivity index (χ3n) is 2.95. The highest BCUT2D eigenvalue weighted by Crippen LogP contribution is 2.22. The van der Waals surface area contributed by atoms with E-state index >= 15 is 0 Å². The summed E-state index contributed by atoms with van der Waals surface area (Å²) in [6.45, 7) is 0. The molecule has 1 aromatic heterocycles. The summed E-state index contributed by atoms with van der Waals surface area (Å²) in [6.07, 6.45) is 2.60. The lowest BCUT2D eigenvalue weighted by Crippen LogP contribution is -2.20. The van der Waals surface area contributed by atoms with Gasteiger partial charge in [-0.2, -0.15) is 0 Å². The number of pyridine rings is 1. The van der Waals surface area contributed by atoms with Gasteiger partial charge in [-0.05, 0) is 37.2 Å². The van der Waals surface area contributed by atoms with Gasteiger partial charge in [0.1, 0.15) is 5.82 Å². The molecule has 1 unspecified atom stereocenters. The Kier molecular flexibility index (Phi) is 4.33. The average molecular weight is 306 g/mol. The van der Waals surface area contributed by atoms with Crippen molar-refractivity contribution >= 4 is 21.7 Å². The molecule has 0 aliphatic carbocycles. The lowest BCUT2D eigenvalue weighted by atomic mass is 9.99. The van der Waals surface area contributed by atoms with Crippen molar-refractivity contribution in [2.45, 2.75) is 12.5 Å². The molecule has 1 aromatic carbocycles. The van der Waals surface area contributed by atoms with Gasteiger partial charge in [-0.3, -0.25) is 0 Å². The van der Waals surface area contributed by atoms with E-state index in [2.05, 4.69) is 50.5 Å². The topological polar surface area (TPSA) is 50.9 Å². The molecule has 18 heavy (non-hydrogen) atoms. The van der Waals surface area contributed by atoms with Crippen LogP contribution >= 0.6 is 15.9 Å². The molecule has 4 heteroatoms. The van der Waals surface area contributed by atoms with E-state index in [1.807, 2.05) is 19.2 Å². The Labute approximate surface area is 116 Å². The molecule has 94 valence electrons. The van der Waals surface area contributed by atoms with E-state index in [-0.39, 0.29) is 6.04 Å². The van der Waals surface area contributed by atoms with Gasteiger partial charge >= 0.3 is 0 Å². The minimum Gasteiger partial charge on any atom is -0.383 e. The zero-order valence-electron chi connectivity index (χ0n) is 10.2. The first-order valence-corrected chi connectivity index (χ1v) is 6.62. The van der Waals surface area contributed by atoms with Crippen molar-refractivity contribution in [3.05, 3.63) is 58.2 Å². The zero-order chi connectivity index (χ0) is 13.0. The molecule has 2 aromatic rings. The summed E-state index contributed by atoms with van der Waals surface area (Å²) in [7, 11) is 1.94.